The Bertz CT molecular complexity index is 1570. The Morgan fingerprint density at radius 1 is 0.617 bits per heavy atom. The number of nitrogens with one attached hydrogen (secondary N) is 3. The summed E-state index contributed by atoms with van der Waals surface area (Å²) in [6.45, 7) is 17.6. The van der Waals surface area contributed by atoms with E-state index in [1.807, 2.05) is 50.2 Å². The van der Waals surface area contributed by atoms with Crippen molar-refractivity contribution in [2.45, 2.75) is 176 Å². The largest absolute Gasteiger partial charge is 0.458 e. The molecule has 2 aromatic rings. The molecule has 2 aromatic carbocycles. The first kappa shape index (κ1) is 50.4. The third-order valence-corrected chi connectivity index (χ3v) is 11.0. The van der Waals surface area contributed by atoms with Crippen molar-refractivity contribution < 1.29 is 33.4 Å². The highest BCUT2D eigenvalue weighted by Crippen LogP contribution is 2.44. The highest BCUT2D eigenvalue weighted by atomic mass is 16.6. The summed E-state index contributed by atoms with van der Waals surface area (Å²) in [4.78, 5) is 51.8. The number of rotatable bonds is 29. The molecule has 336 valence electrons. The van der Waals surface area contributed by atoms with E-state index in [9.17, 15) is 19.2 Å². The minimum absolute atomic E-state index is 0.00343. The van der Waals surface area contributed by atoms with Crippen LogP contribution < -0.4 is 16.0 Å². The summed E-state index contributed by atoms with van der Waals surface area (Å²) in [5, 5.41) is 8.73. The molecule has 0 fully saturated rings. The van der Waals surface area contributed by atoms with Gasteiger partial charge in [0.05, 0.1) is 13.2 Å². The molecule has 0 spiro atoms. The molecule has 10 nitrogen and oxygen atoms in total. The third-order valence-electron chi connectivity index (χ3n) is 11.0. The molecule has 0 unspecified atom stereocenters. The first-order valence-electron chi connectivity index (χ1n) is 23.0. The number of hydrogen-bond acceptors (Lipinski definition) is 7. The van der Waals surface area contributed by atoms with Gasteiger partial charge < -0.3 is 30.2 Å². The molecule has 3 rings (SSSR count). The maximum Gasteiger partial charge on any atom is 0.407 e. The lowest BCUT2D eigenvalue weighted by Crippen LogP contribution is -2.45. The summed E-state index contributed by atoms with van der Waals surface area (Å²) < 4.78 is 17.4. The summed E-state index contributed by atoms with van der Waals surface area (Å²) in [6, 6.07) is 15.1. The minimum atomic E-state index is -1.07. The van der Waals surface area contributed by atoms with Crippen LogP contribution >= 0.6 is 0 Å². The maximum atomic E-state index is 13.2. The summed E-state index contributed by atoms with van der Waals surface area (Å²) in [5.74, 6) is -0.915. The van der Waals surface area contributed by atoms with Crippen LogP contribution in [0.4, 0.5) is 4.79 Å². The van der Waals surface area contributed by atoms with Gasteiger partial charge in [0, 0.05) is 42.7 Å². The molecule has 1 atom stereocenters. The van der Waals surface area contributed by atoms with Crippen LogP contribution in [0.1, 0.15) is 175 Å². The fraction of sp³-hybridized carbons (Fsp3) is 0.680. The van der Waals surface area contributed by atoms with Gasteiger partial charge in [-0.1, -0.05) is 160 Å². The van der Waals surface area contributed by atoms with Gasteiger partial charge in [0.1, 0.15) is 18.2 Å². The SMILES string of the molecule is CCCCCCCCCCCCCCCC(=O)NCC(C)(C)COCC(C)(C)CNC(=O)CC[C@H](NC(=O)OCC1c2ccccc2-c2ccccc21)C(=O)OC(C)(C)C. The van der Waals surface area contributed by atoms with Crippen LogP contribution in [0.15, 0.2) is 48.5 Å². The van der Waals surface area contributed by atoms with E-state index in [2.05, 4.69) is 48.9 Å². The number of unbranched alkanes of at least 4 members (excludes halogenated alkanes) is 12. The molecule has 0 aromatic heterocycles. The molecule has 0 bridgehead atoms. The van der Waals surface area contributed by atoms with Gasteiger partial charge >= 0.3 is 12.1 Å². The second kappa shape index (κ2) is 25.8. The average Bonchev–Trinajstić information content (AvgIpc) is 3.51. The first-order chi connectivity index (χ1) is 28.5. The lowest BCUT2D eigenvalue weighted by atomic mass is 9.93. The second-order valence-electron chi connectivity index (χ2n) is 19.5. The van der Waals surface area contributed by atoms with Crippen LogP contribution in [0, 0.1) is 10.8 Å². The quantitative estimate of drug-likeness (QED) is 0.0549. The molecule has 0 saturated carbocycles. The molecular weight excluding hydrogens is 755 g/mol. The molecule has 3 amide bonds. The number of amides is 3. The molecule has 0 aliphatic heterocycles. The molecule has 10 heteroatoms. The minimum Gasteiger partial charge on any atom is -0.458 e. The van der Waals surface area contributed by atoms with Crippen LogP contribution in [0.2, 0.25) is 0 Å². The number of benzene rings is 2. The van der Waals surface area contributed by atoms with Crippen molar-refractivity contribution in [2.24, 2.45) is 10.8 Å². The molecule has 60 heavy (non-hydrogen) atoms. The Hall–Kier alpha value is -3.92. The average molecular weight is 834 g/mol. The van der Waals surface area contributed by atoms with Crippen LogP contribution in [-0.4, -0.2) is 68.4 Å². The van der Waals surface area contributed by atoms with Gasteiger partial charge in [-0.15, -0.1) is 0 Å². The van der Waals surface area contributed by atoms with Gasteiger partial charge in [0.25, 0.3) is 0 Å². The molecular formula is C50H79N3O7. The normalized spacial score (nSPS) is 13.3. The Morgan fingerprint density at radius 2 is 1.07 bits per heavy atom. The van der Waals surface area contributed by atoms with Gasteiger partial charge in [-0.05, 0) is 55.9 Å². The second-order valence-corrected chi connectivity index (χ2v) is 19.5. The van der Waals surface area contributed by atoms with Gasteiger partial charge in [-0.3, -0.25) is 9.59 Å². The first-order valence-corrected chi connectivity index (χ1v) is 23.0. The lowest BCUT2D eigenvalue weighted by Gasteiger charge is -2.29. The fourth-order valence-corrected chi connectivity index (χ4v) is 7.54. The number of esters is 1. The van der Waals surface area contributed by atoms with Crippen LogP contribution in [0.3, 0.4) is 0 Å². The smallest absolute Gasteiger partial charge is 0.407 e. The highest BCUT2D eigenvalue weighted by molar-refractivity contribution is 5.83. The van der Waals surface area contributed by atoms with Crippen molar-refractivity contribution in [1.82, 2.24) is 16.0 Å². The summed E-state index contributed by atoms with van der Waals surface area (Å²) in [6.07, 6.45) is 16.6. The molecule has 0 saturated heterocycles. The number of alkyl carbamates (subject to hydrolysis) is 1. The number of carbonyl (C=O) groups excluding carboxylic acids is 4. The zero-order valence-corrected chi connectivity index (χ0v) is 38.5. The van der Waals surface area contributed by atoms with Gasteiger partial charge in [-0.2, -0.15) is 0 Å². The molecule has 3 N–H and O–H groups in total. The van der Waals surface area contributed by atoms with E-state index in [1.165, 1.54) is 70.6 Å². The van der Waals surface area contributed by atoms with Gasteiger partial charge in [0.2, 0.25) is 11.8 Å². The molecule has 0 heterocycles. The molecule has 1 aliphatic rings. The van der Waals surface area contributed by atoms with E-state index in [0.29, 0.717) is 32.7 Å². The number of carbonyl (C=O) groups is 4. The fourth-order valence-electron chi connectivity index (χ4n) is 7.54. The van der Waals surface area contributed by atoms with Crippen molar-refractivity contribution in [1.29, 1.82) is 0 Å². The number of ether oxygens (including phenoxy) is 3. The Balaban J connectivity index is 1.32. The number of hydrogen-bond donors (Lipinski definition) is 3. The molecule has 1 aliphatic carbocycles. The van der Waals surface area contributed by atoms with Crippen LogP contribution in [0.5, 0.6) is 0 Å². The van der Waals surface area contributed by atoms with Crippen molar-refractivity contribution in [3.05, 3.63) is 59.7 Å². The standard InChI is InChI=1S/C50H79N3O7/c1-9-10-11-12-13-14-15-16-17-18-19-20-21-30-44(54)51-34-49(5,6)36-58-37-50(7,8)35-52-45(55)32-31-43(46(56)60-48(2,3)4)53-47(57)59-33-42-40-28-24-22-26-38(40)39-27-23-25-29-41(39)42/h22-29,42-43H,9-21,30-37H2,1-8H3,(H,51,54)(H,52,55)(H,53,57)/t43-/m0/s1. The predicted octanol–water partition coefficient (Wildman–Crippen LogP) is 10.8. The van der Waals surface area contributed by atoms with E-state index in [-0.39, 0.29) is 48.0 Å². The Kier molecular flexibility index (Phi) is 21.7. The summed E-state index contributed by atoms with van der Waals surface area (Å²) >= 11 is 0. The van der Waals surface area contributed by atoms with E-state index < -0.39 is 23.7 Å². The zero-order chi connectivity index (χ0) is 44.0. The highest BCUT2D eigenvalue weighted by Gasteiger charge is 2.32. The Morgan fingerprint density at radius 3 is 1.55 bits per heavy atom. The third kappa shape index (κ3) is 19.6. The van der Waals surface area contributed by atoms with Crippen LogP contribution in [-0.2, 0) is 28.6 Å². The molecule has 0 radical (unpaired) electrons. The predicted molar refractivity (Wildman–Crippen MR) is 242 cm³/mol. The van der Waals surface area contributed by atoms with Gasteiger partial charge in [-0.25, -0.2) is 9.59 Å². The Labute approximate surface area is 362 Å². The number of fused-ring (bicyclic) bond motifs is 3. The lowest BCUT2D eigenvalue weighted by molar-refractivity contribution is -0.157. The van der Waals surface area contributed by atoms with Crippen molar-refractivity contribution in [3.8, 4) is 11.1 Å². The monoisotopic (exact) mass is 834 g/mol. The van der Waals surface area contributed by atoms with E-state index in [4.69, 9.17) is 14.2 Å². The van der Waals surface area contributed by atoms with E-state index in [0.717, 1.165) is 35.1 Å². The zero-order valence-electron chi connectivity index (χ0n) is 38.5. The van der Waals surface area contributed by atoms with E-state index in [1.54, 1.807) is 20.8 Å². The van der Waals surface area contributed by atoms with Crippen LogP contribution in [0.25, 0.3) is 11.1 Å². The van der Waals surface area contributed by atoms with Crippen molar-refractivity contribution in [3.63, 3.8) is 0 Å². The van der Waals surface area contributed by atoms with Crippen molar-refractivity contribution in [2.75, 3.05) is 32.9 Å². The summed E-state index contributed by atoms with van der Waals surface area (Å²) in [5.41, 5.74) is 3.01. The summed E-state index contributed by atoms with van der Waals surface area (Å²) in [7, 11) is 0. The maximum absolute atomic E-state index is 13.2. The van der Waals surface area contributed by atoms with Gasteiger partial charge in [0.15, 0.2) is 0 Å². The van der Waals surface area contributed by atoms with Crippen molar-refractivity contribution >= 4 is 23.9 Å². The van der Waals surface area contributed by atoms with E-state index >= 15 is 0 Å². The topological polar surface area (TPSA) is 132 Å².